The van der Waals surface area contributed by atoms with Crippen molar-refractivity contribution < 1.29 is 5.11 Å². The quantitative estimate of drug-likeness (QED) is 0.291. The van der Waals surface area contributed by atoms with Crippen molar-refractivity contribution in [2.75, 3.05) is 10.6 Å². The molecular formula is C26H28N6O. The van der Waals surface area contributed by atoms with E-state index in [0.29, 0.717) is 17.8 Å². The summed E-state index contributed by atoms with van der Waals surface area (Å²) in [6.45, 7) is 0. The van der Waals surface area contributed by atoms with E-state index in [9.17, 15) is 5.11 Å². The number of nitrogens with one attached hydrogen (secondary N) is 4. The van der Waals surface area contributed by atoms with E-state index < -0.39 is 6.23 Å². The lowest BCUT2D eigenvalue weighted by Crippen LogP contribution is -2.35. The molecule has 0 spiro atoms. The first-order chi connectivity index (χ1) is 16.2. The Kier molecular flexibility index (Phi) is 3.62. The molecule has 2 aromatic carbocycles. The largest absolute Gasteiger partial charge is 0.378 e. The summed E-state index contributed by atoms with van der Waals surface area (Å²) in [5.74, 6) is 3.82. The molecule has 7 heteroatoms. The maximum Gasteiger partial charge on any atom is 0.157 e. The van der Waals surface area contributed by atoms with E-state index in [1.165, 1.54) is 41.5 Å². The van der Waals surface area contributed by atoms with Crippen LogP contribution in [0.3, 0.4) is 0 Å². The van der Waals surface area contributed by atoms with Crippen molar-refractivity contribution in [2.45, 2.75) is 50.3 Å². The summed E-state index contributed by atoms with van der Waals surface area (Å²) in [7, 11) is 0. The Labute approximate surface area is 191 Å². The molecule has 4 aliphatic rings. The van der Waals surface area contributed by atoms with Crippen LogP contribution in [0.1, 0.15) is 55.2 Å². The fourth-order valence-electron chi connectivity index (χ4n) is 7.34. The fourth-order valence-corrected chi connectivity index (χ4v) is 7.34. The minimum atomic E-state index is -0.521. The molecule has 3 saturated carbocycles. The van der Waals surface area contributed by atoms with Crippen LogP contribution in [0, 0.1) is 23.7 Å². The Morgan fingerprint density at radius 2 is 1.82 bits per heavy atom. The summed E-state index contributed by atoms with van der Waals surface area (Å²) in [5, 5.41) is 35.1. The van der Waals surface area contributed by atoms with Crippen molar-refractivity contribution in [3.8, 4) is 0 Å². The third kappa shape index (κ3) is 2.60. The second kappa shape index (κ2) is 6.50. The number of benzene rings is 2. The Bertz CT molecular complexity index is 1390. The van der Waals surface area contributed by atoms with Crippen molar-refractivity contribution in [1.82, 2.24) is 20.4 Å². The summed E-state index contributed by atoms with van der Waals surface area (Å²) in [4.78, 5) is 0. The first-order valence-corrected chi connectivity index (χ1v) is 12.4. The van der Waals surface area contributed by atoms with Crippen molar-refractivity contribution in [2.24, 2.45) is 23.7 Å². The monoisotopic (exact) mass is 440 g/mol. The van der Waals surface area contributed by atoms with Gasteiger partial charge in [-0.05, 0) is 91.2 Å². The van der Waals surface area contributed by atoms with Gasteiger partial charge in [-0.1, -0.05) is 6.07 Å². The van der Waals surface area contributed by atoms with Gasteiger partial charge in [-0.15, -0.1) is 0 Å². The molecule has 33 heavy (non-hydrogen) atoms. The van der Waals surface area contributed by atoms with Gasteiger partial charge in [-0.3, -0.25) is 10.2 Å². The first kappa shape index (κ1) is 18.4. The lowest BCUT2D eigenvalue weighted by atomic mass is 9.67. The van der Waals surface area contributed by atoms with Gasteiger partial charge >= 0.3 is 0 Å². The maximum atomic E-state index is 10.4. The van der Waals surface area contributed by atoms with Gasteiger partial charge in [0.15, 0.2) is 5.82 Å². The van der Waals surface area contributed by atoms with Gasteiger partial charge in [0.25, 0.3) is 0 Å². The number of aliphatic hydroxyl groups excluding tert-OH is 1. The van der Waals surface area contributed by atoms with Gasteiger partial charge in [0.2, 0.25) is 0 Å². The second-order valence-corrected chi connectivity index (χ2v) is 10.7. The molecule has 0 amide bonds. The van der Waals surface area contributed by atoms with Gasteiger partial charge in [-0.25, -0.2) is 0 Å². The Balaban J connectivity index is 1.23. The molecule has 2 aromatic heterocycles. The van der Waals surface area contributed by atoms with Crippen LogP contribution in [0.25, 0.3) is 21.8 Å². The number of aliphatic hydroxyl groups is 1. The van der Waals surface area contributed by atoms with Crippen LogP contribution in [0.5, 0.6) is 0 Å². The second-order valence-electron chi connectivity index (χ2n) is 10.7. The van der Waals surface area contributed by atoms with Crippen molar-refractivity contribution >= 4 is 33.3 Å². The Morgan fingerprint density at radius 3 is 2.73 bits per heavy atom. The highest BCUT2D eigenvalue weighted by atomic mass is 16.3. The highest BCUT2D eigenvalue weighted by Crippen LogP contribution is 2.64. The third-order valence-electron chi connectivity index (χ3n) is 8.97. The van der Waals surface area contributed by atoms with Gasteiger partial charge in [0.05, 0.1) is 23.3 Å². The zero-order valence-electron chi connectivity index (χ0n) is 18.4. The molecule has 3 fully saturated rings. The topological polar surface area (TPSA) is 102 Å². The molecule has 0 radical (unpaired) electrons. The number of hydrogen-bond donors (Lipinski definition) is 5. The Morgan fingerprint density at radius 1 is 0.970 bits per heavy atom. The summed E-state index contributed by atoms with van der Waals surface area (Å²) in [6, 6.07) is 11.3. The lowest BCUT2D eigenvalue weighted by molar-refractivity contribution is 0.179. The number of H-pyrrole nitrogens is 2. The van der Waals surface area contributed by atoms with E-state index in [2.05, 4.69) is 61.4 Å². The van der Waals surface area contributed by atoms with Crippen LogP contribution >= 0.6 is 0 Å². The van der Waals surface area contributed by atoms with Crippen LogP contribution in [0.2, 0.25) is 0 Å². The number of fused-ring (bicyclic) bond motifs is 10. The van der Waals surface area contributed by atoms with Crippen molar-refractivity contribution in [3.05, 3.63) is 47.7 Å². The summed E-state index contributed by atoms with van der Waals surface area (Å²) < 4.78 is 0. The van der Waals surface area contributed by atoms with Gasteiger partial charge in [-0.2, -0.15) is 10.2 Å². The van der Waals surface area contributed by atoms with E-state index in [4.69, 9.17) is 0 Å². The molecule has 2 bridgehead atoms. The molecule has 5 N–H and O–H groups in total. The molecule has 7 nitrogen and oxygen atoms in total. The van der Waals surface area contributed by atoms with Gasteiger partial charge in [0.1, 0.15) is 6.23 Å². The average Bonchev–Trinajstić information content (AvgIpc) is 3.20. The predicted octanol–water partition coefficient (Wildman–Crippen LogP) is 4.88. The normalized spacial score (nSPS) is 30.9. The smallest absolute Gasteiger partial charge is 0.157 e. The van der Waals surface area contributed by atoms with Crippen LogP contribution in [-0.4, -0.2) is 31.7 Å². The van der Waals surface area contributed by atoms with Crippen LogP contribution in [0.15, 0.2) is 36.5 Å². The Hall–Kier alpha value is -3.06. The summed E-state index contributed by atoms with van der Waals surface area (Å²) in [5.41, 5.74) is 6.20. The minimum absolute atomic E-state index is 0.280. The predicted molar refractivity (Wildman–Crippen MR) is 128 cm³/mol. The minimum Gasteiger partial charge on any atom is -0.378 e. The molecular weight excluding hydrogens is 412 g/mol. The number of anilines is 2. The zero-order chi connectivity index (χ0) is 21.7. The highest BCUT2D eigenvalue weighted by Gasteiger charge is 2.54. The van der Waals surface area contributed by atoms with Crippen LogP contribution in [0.4, 0.5) is 11.5 Å². The molecule has 168 valence electrons. The van der Waals surface area contributed by atoms with Crippen molar-refractivity contribution in [1.29, 1.82) is 0 Å². The van der Waals surface area contributed by atoms with E-state index >= 15 is 0 Å². The standard InChI is InChI=1S/C26H28N6O/c33-26(12-1-2-12)29-25-16-10-15(5-6-18(16)31-32-25)24-22-14-4-3-13(9-14)21(22)23-17-11-27-30-19(17)7-8-20(23)28-24/h5-8,10-14,21-22,24,26,28,33H,1-4,9H2,(H,27,30)(H2,29,31,32)/t13?,14?,21-,22+,24-,26?/m0/s1. The van der Waals surface area contributed by atoms with E-state index in [1.54, 1.807) is 0 Å². The third-order valence-corrected chi connectivity index (χ3v) is 8.97. The molecule has 8 rings (SSSR count). The molecule has 0 saturated heterocycles. The number of aromatic amines is 2. The van der Waals surface area contributed by atoms with Crippen LogP contribution in [-0.2, 0) is 0 Å². The maximum absolute atomic E-state index is 10.4. The lowest BCUT2D eigenvalue weighted by Gasteiger charge is -2.43. The molecule has 3 unspecified atom stereocenters. The van der Waals surface area contributed by atoms with Crippen LogP contribution < -0.4 is 10.6 Å². The summed E-state index contributed by atoms with van der Waals surface area (Å²) in [6.07, 6.45) is 7.70. The number of hydrogen-bond acceptors (Lipinski definition) is 5. The van der Waals surface area contributed by atoms with Crippen molar-refractivity contribution in [3.63, 3.8) is 0 Å². The highest BCUT2D eigenvalue weighted by molar-refractivity contribution is 5.91. The molecule has 6 atom stereocenters. The fraction of sp³-hybridized carbons (Fsp3) is 0.462. The van der Waals surface area contributed by atoms with Gasteiger partial charge in [0, 0.05) is 22.4 Å². The van der Waals surface area contributed by atoms with E-state index in [0.717, 1.165) is 46.9 Å². The zero-order valence-corrected chi connectivity index (χ0v) is 18.4. The van der Waals surface area contributed by atoms with Gasteiger partial charge < -0.3 is 15.7 Å². The van der Waals surface area contributed by atoms with E-state index in [-0.39, 0.29) is 6.04 Å². The number of aromatic nitrogens is 4. The average molecular weight is 441 g/mol. The molecule has 3 aliphatic carbocycles. The van der Waals surface area contributed by atoms with E-state index in [1.807, 2.05) is 6.20 Å². The first-order valence-electron chi connectivity index (χ1n) is 12.4. The number of nitrogens with zero attached hydrogens (tertiary/aromatic N) is 2. The molecule has 3 heterocycles. The summed E-state index contributed by atoms with van der Waals surface area (Å²) >= 11 is 0. The SMILES string of the molecule is OC(Nc1n[nH]c2ccc([C@@H]3Nc4ccc5[nH]ncc5c4[C@H]4C5CCC(C5)[C@@H]34)cc12)C1CC1. The number of rotatable bonds is 4. The molecule has 1 aliphatic heterocycles. The molecule has 4 aromatic rings.